The fourth-order valence-electron chi connectivity index (χ4n) is 1.99. The van der Waals surface area contributed by atoms with Crippen molar-refractivity contribution in [3.05, 3.63) is 41.1 Å². The molecule has 1 N–H and O–H groups in total. The van der Waals surface area contributed by atoms with Crippen molar-refractivity contribution in [2.24, 2.45) is 0 Å². The molecule has 0 bridgehead atoms. The molecule has 2 nitrogen and oxygen atoms in total. The third-order valence-electron chi connectivity index (χ3n) is 3.42. The van der Waals surface area contributed by atoms with Gasteiger partial charge in [0, 0.05) is 17.2 Å². The van der Waals surface area contributed by atoms with E-state index in [0.717, 1.165) is 11.6 Å². The zero-order chi connectivity index (χ0) is 11.1. The highest BCUT2D eigenvalue weighted by Gasteiger charge is 2.25. The molecule has 1 aliphatic carbocycles. The van der Waals surface area contributed by atoms with E-state index >= 15 is 0 Å². The van der Waals surface area contributed by atoms with Gasteiger partial charge in [0.1, 0.15) is 0 Å². The molecule has 1 aromatic carbocycles. The third-order valence-corrected chi connectivity index (χ3v) is 3.42. The molecule has 0 saturated heterocycles. The van der Waals surface area contributed by atoms with E-state index in [-0.39, 0.29) is 0 Å². The van der Waals surface area contributed by atoms with Crippen LogP contribution in [0.3, 0.4) is 0 Å². The lowest BCUT2D eigenvalue weighted by molar-refractivity contribution is 0.967. The predicted octanol–water partition coefficient (Wildman–Crippen LogP) is 3.57. The van der Waals surface area contributed by atoms with Crippen molar-refractivity contribution in [1.82, 2.24) is 10.2 Å². The van der Waals surface area contributed by atoms with E-state index in [0.29, 0.717) is 0 Å². The molecule has 0 amide bonds. The first kappa shape index (κ1) is 9.64. The maximum Gasteiger partial charge on any atom is 0.0923 e. The molecule has 3 rings (SSSR count). The van der Waals surface area contributed by atoms with Gasteiger partial charge in [0.2, 0.25) is 0 Å². The summed E-state index contributed by atoms with van der Waals surface area (Å²) in [4.78, 5) is 0. The number of hydrogen-bond acceptors (Lipinski definition) is 1. The molecular formula is C14H16N2. The molecular weight excluding hydrogens is 196 g/mol. The Hall–Kier alpha value is -1.57. The van der Waals surface area contributed by atoms with E-state index in [2.05, 4.69) is 48.3 Å². The SMILES string of the molecule is Cc1ccc(-c2cc(C3CC3)[nH]n2)cc1C. The average Bonchev–Trinajstić information content (AvgIpc) is 3.01. The van der Waals surface area contributed by atoms with E-state index in [1.54, 1.807) is 0 Å². The highest BCUT2D eigenvalue weighted by molar-refractivity contribution is 5.61. The molecule has 1 saturated carbocycles. The molecule has 1 heterocycles. The smallest absolute Gasteiger partial charge is 0.0923 e. The number of benzene rings is 1. The Balaban J connectivity index is 1.97. The maximum absolute atomic E-state index is 4.39. The van der Waals surface area contributed by atoms with Crippen molar-refractivity contribution >= 4 is 0 Å². The van der Waals surface area contributed by atoms with E-state index in [1.807, 2.05) is 0 Å². The third kappa shape index (κ3) is 1.64. The summed E-state index contributed by atoms with van der Waals surface area (Å²) in [5.74, 6) is 0.743. The van der Waals surface area contributed by atoms with Crippen LogP contribution in [-0.4, -0.2) is 10.2 Å². The molecule has 2 heteroatoms. The average molecular weight is 212 g/mol. The van der Waals surface area contributed by atoms with Crippen molar-refractivity contribution in [1.29, 1.82) is 0 Å². The number of nitrogens with zero attached hydrogens (tertiary/aromatic N) is 1. The van der Waals surface area contributed by atoms with E-state index in [4.69, 9.17) is 0 Å². The topological polar surface area (TPSA) is 28.7 Å². The van der Waals surface area contributed by atoms with Crippen molar-refractivity contribution in [3.63, 3.8) is 0 Å². The standard InChI is InChI=1S/C14H16N2/c1-9-3-4-12(7-10(9)2)14-8-13(15-16-14)11-5-6-11/h3-4,7-8,11H,5-6H2,1-2H3,(H,15,16). The summed E-state index contributed by atoms with van der Waals surface area (Å²) < 4.78 is 0. The van der Waals surface area contributed by atoms with E-state index in [1.165, 1.54) is 35.2 Å². The van der Waals surface area contributed by atoms with Gasteiger partial charge in [-0.25, -0.2) is 0 Å². The molecule has 1 aromatic heterocycles. The fourth-order valence-corrected chi connectivity index (χ4v) is 1.99. The summed E-state index contributed by atoms with van der Waals surface area (Å²) in [5, 5.41) is 7.54. The minimum atomic E-state index is 0.743. The van der Waals surface area contributed by atoms with Crippen molar-refractivity contribution in [2.75, 3.05) is 0 Å². The molecule has 0 radical (unpaired) electrons. The number of aryl methyl sites for hydroxylation is 2. The highest BCUT2D eigenvalue weighted by atomic mass is 15.1. The largest absolute Gasteiger partial charge is 0.282 e. The van der Waals surface area contributed by atoms with Gasteiger partial charge < -0.3 is 0 Å². The van der Waals surface area contributed by atoms with E-state index < -0.39 is 0 Å². The van der Waals surface area contributed by atoms with Crippen LogP contribution >= 0.6 is 0 Å². The minimum absolute atomic E-state index is 0.743. The van der Waals surface area contributed by atoms with Gasteiger partial charge in [-0.15, -0.1) is 0 Å². The van der Waals surface area contributed by atoms with Gasteiger partial charge in [0.15, 0.2) is 0 Å². The Morgan fingerprint density at radius 1 is 1.12 bits per heavy atom. The molecule has 0 spiro atoms. The lowest BCUT2D eigenvalue weighted by atomic mass is 10.0. The number of rotatable bonds is 2. The lowest BCUT2D eigenvalue weighted by Gasteiger charge is -2.01. The van der Waals surface area contributed by atoms with Crippen molar-refractivity contribution < 1.29 is 0 Å². The van der Waals surface area contributed by atoms with Gasteiger partial charge >= 0.3 is 0 Å². The van der Waals surface area contributed by atoms with Crippen LogP contribution in [-0.2, 0) is 0 Å². The maximum atomic E-state index is 4.39. The van der Waals surface area contributed by atoms with Gasteiger partial charge in [-0.3, -0.25) is 5.10 Å². The second kappa shape index (κ2) is 3.48. The zero-order valence-corrected chi connectivity index (χ0v) is 9.75. The van der Waals surface area contributed by atoms with Crippen LogP contribution in [0.15, 0.2) is 24.3 Å². The van der Waals surface area contributed by atoms with Crippen LogP contribution in [0.5, 0.6) is 0 Å². The minimum Gasteiger partial charge on any atom is -0.282 e. The number of hydrogen-bond donors (Lipinski definition) is 1. The first-order valence-electron chi connectivity index (χ1n) is 5.87. The molecule has 0 atom stereocenters. The molecule has 1 fully saturated rings. The molecule has 0 aliphatic heterocycles. The van der Waals surface area contributed by atoms with Crippen molar-refractivity contribution in [3.8, 4) is 11.3 Å². The molecule has 82 valence electrons. The number of H-pyrrole nitrogens is 1. The predicted molar refractivity (Wildman–Crippen MR) is 65.5 cm³/mol. The number of nitrogens with one attached hydrogen (secondary N) is 1. The van der Waals surface area contributed by atoms with Crippen LogP contribution in [0.25, 0.3) is 11.3 Å². The quantitative estimate of drug-likeness (QED) is 0.810. The van der Waals surface area contributed by atoms with Crippen LogP contribution in [0.4, 0.5) is 0 Å². The first-order chi connectivity index (χ1) is 7.74. The van der Waals surface area contributed by atoms with Gasteiger partial charge in [-0.1, -0.05) is 12.1 Å². The molecule has 1 aliphatic rings. The summed E-state index contributed by atoms with van der Waals surface area (Å²) in [6, 6.07) is 8.72. The molecule has 16 heavy (non-hydrogen) atoms. The van der Waals surface area contributed by atoms with Gasteiger partial charge in [0.25, 0.3) is 0 Å². The first-order valence-corrected chi connectivity index (χ1v) is 5.87. The summed E-state index contributed by atoms with van der Waals surface area (Å²) in [7, 11) is 0. The Labute approximate surface area is 95.7 Å². The van der Waals surface area contributed by atoms with Crippen molar-refractivity contribution in [2.45, 2.75) is 32.6 Å². The second-order valence-corrected chi connectivity index (χ2v) is 4.78. The summed E-state index contributed by atoms with van der Waals surface area (Å²) in [6.07, 6.45) is 2.63. The summed E-state index contributed by atoms with van der Waals surface area (Å²) >= 11 is 0. The summed E-state index contributed by atoms with van der Waals surface area (Å²) in [6.45, 7) is 4.28. The molecule has 0 unspecified atom stereocenters. The Morgan fingerprint density at radius 3 is 2.62 bits per heavy atom. The van der Waals surface area contributed by atoms with Crippen LogP contribution in [0.2, 0.25) is 0 Å². The Bertz CT molecular complexity index is 521. The van der Waals surface area contributed by atoms with Gasteiger partial charge in [-0.05, 0) is 49.9 Å². The van der Waals surface area contributed by atoms with E-state index in [9.17, 15) is 0 Å². The summed E-state index contributed by atoms with van der Waals surface area (Å²) in [5.41, 5.74) is 6.25. The van der Waals surface area contributed by atoms with Crippen LogP contribution < -0.4 is 0 Å². The zero-order valence-electron chi connectivity index (χ0n) is 9.75. The Kier molecular flexibility index (Phi) is 2.10. The molecule has 2 aromatic rings. The van der Waals surface area contributed by atoms with Gasteiger partial charge in [-0.2, -0.15) is 5.10 Å². The number of aromatic amines is 1. The highest BCUT2D eigenvalue weighted by Crippen LogP contribution is 2.39. The lowest BCUT2D eigenvalue weighted by Crippen LogP contribution is -1.83. The normalized spacial score (nSPS) is 15.4. The van der Waals surface area contributed by atoms with Gasteiger partial charge in [0.05, 0.1) is 5.69 Å². The fraction of sp³-hybridized carbons (Fsp3) is 0.357. The Morgan fingerprint density at radius 2 is 1.94 bits per heavy atom. The van der Waals surface area contributed by atoms with Crippen LogP contribution in [0.1, 0.15) is 35.6 Å². The van der Waals surface area contributed by atoms with Crippen LogP contribution in [0, 0.1) is 13.8 Å². The monoisotopic (exact) mass is 212 g/mol. The number of aromatic nitrogens is 2. The second-order valence-electron chi connectivity index (χ2n) is 4.78.